The number of nitriles is 1. The van der Waals surface area contributed by atoms with Gasteiger partial charge in [-0.25, -0.2) is 4.79 Å². The summed E-state index contributed by atoms with van der Waals surface area (Å²) in [4.78, 5) is 12.3. The quantitative estimate of drug-likeness (QED) is 0.213. The van der Waals surface area contributed by atoms with Crippen LogP contribution in [-0.4, -0.2) is 12.6 Å². The molecule has 0 spiro atoms. The van der Waals surface area contributed by atoms with E-state index in [4.69, 9.17) is 36.3 Å². The van der Waals surface area contributed by atoms with Crippen LogP contribution in [0.1, 0.15) is 22.6 Å². The highest BCUT2D eigenvalue weighted by Gasteiger charge is 2.31. The van der Waals surface area contributed by atoms with Crippen molar-refractivity contribution in [2.45, 2.75) is 12.5 Å². The van der Waals surface area contributed by atoms with Crippen LogP contribution in [0.15, 0.2) is 109 Å². The Morgan fingerprint density at radius 2 is 1.67 bits per heavy atom. The number of nitrogens with zero attached hydrogens (tertiary/aromatic N) is 1. The molecular weight excluding hydrogens is 516 g/mol. The molecule has 5 rings (SSSR count). The summed E-state index contributed by atoms with van der Waals surface area (Å²) in [5.41, 5.74) is 8.76. The minimum absolute atomic E-state index is 0.0201. The SMILES string of the molecule is N#CC1=C(N)Oc2cc(OC(=O)COc3ccccc3)ccc2C1c1cccc(OCc2ccccc2Cl)c1. The maximum absolute atomic E-state index is 12.3. The number of hydrogen-bond donors (Lipinski definition) is 1. The lowest BCUT2D eigenvalue weighted by Gasteiger charge is -2.27. The lowest BCUT2D eigenvalue weighted by Crippen LogP contribution is -2.21. The molecule has 0 bridgehead atoms. The number of esters is 1. The van der Waals surface area contributed by atoms with E-state index in [2.05, 4.69) is 6.07 Å². The van der Waals surface area contributed by atoms with E-state index < -0.39 is 11.9 Å². The molecule has 0 fully saturated rings. The predicted octanol–water partition coefficient (Wildman–Crippen LogP) is 6.12. The standard InChI is InChI=1S/C31H23ClN2O5/c32-27-12-5-4-7-21(27)18-36-23-11-6-8-20(15-23)30-25-14-13-24(16-28(25)39-31(34)26(30)17-33)38-29(35)19-37-22-9-2-1-3-10-22/h1-16,30H,18-19,34H2. The molecule has 0 aliphatic carbocycles. The minimum Gasteiger partial charge on any atom is -0.489 e. The van der Waals surface area contributed by atoms with E-state index in [0.717, 1.165) is 11.1 Å². The van der Waals surface area contributed by atoms with Gasteiger partial charge in [0.05, 0.1) is 5.92 Å². The third-order valence-electron chi connectivity index (χ3n) is 6.07. The van der Waals surface area contributed by atoms with Crippen molar-refractivity contribution in [2.24, 2.45) is 5.73 Å². The van der Waals surface area contributed by atoms with Crippen LogP contribution in [0, 0.1) is 11.3 Å². The fraction of sp³-hybridized carbons (Fsp3) is 0.0968. The van der Waals surface area contributed by atoms with E-state index in [1.165, 1.54) is 0 Å². The third-order valence-corrected chi connectivity index (χ3v) is 6.43. The lowest BCUT2D eigenvalue weighted by molar-refractivity contribution is -0.136. The molecule has 0 saturated carbocycles. The number of nitrogens with two attached hydrogens (primary N) is 1. The molecule has 1 aliphatic rings. The fourth-order valence-electron chi connectivity index (χ4n) is 4.22. The Hall–Kier alpha value is -4.93. The number of carbonyl (C=O) groups excluding carboxylic acids is 1. The summed E-state index contributed by atoms with van der Waals surface area (Å²) in [6.07, 6.45) is 0. The summed E-state index contributed by atoms with van der Waals surface area (Å²) in [6, 6.07) is 31.0. The van der Waals surface area contributed by atoms with Crippen molar-refractivity contribution in [3.8, 4) is 29.1 Å². The topological polar surface area (TPSA) is 104 Å². The van der Waals surface area contributed by atoms with Gasteiger partial charge in [-0.1, -0.05) is 66.2 Å². The number of halogens is 1. The molecule has 1 unspecified atom stereocenters. The molecule has 0 amide bonds. The first-order valence-electron chi connectivity index (χ1n) is 12.1. The van der Waals surface area contributed by atoms with Crippen molar-refractivity contribution in [1.29, 1.82) is 5.26 Å². The average Bonchev–Trinajstić information content (AvgIpc) is 2.95. The number of rotatable bonds is 8. The molecule has 194 valence electrons. The lowest BCUT2D eigenvalue weighted by atomic mass is 9.83. The van der Waals surface area contributed by atoms with E-state index in [-0.39, 0.29) is 23.8 Å². The molecule has 4 aromatic rings. The highest BCUT2D eigenvalue weighted by atomic mass is 35.5. The molecule has 0 radical (unpaired) electrons. The Kier molecular flexibility index (Phi) is 7.67. The van der Waals surface area contributed by atoms with Crippen LogP contribution >= 0.6 is 11.6 Å². The van der Waals surface area contributed by atoms with Crippen LogP contribution in [0.25, 0.3) is 0 Å². The second kappa shape index (κ2) is 11.6. The van der Waals surface area contributed by atoms with Gasteiger partial charge in [-0.2, -0.15) is 5.26 Å². The van der Waals surface area contributed by atoms with Crippen LogP contribution in [0.3, 0.4) is 0 Å². The highest BCUT2D eigenvalue weighted by molar-refractivity contribution is 6.31. The van der Waals surface area contributed by atoms with Gasteiger partial charge in [-0.05, 0) is 42.0 Å². The maximum Gasteiger partial charge on any atom is 0.349 e. The Morgan fingerprint density at radius 1 is 0.897 bits per heavy atom. The summed E-state index contributed by atoms with van der Waals surface area (Å²) in [5.74, 6) is 0.719. The summed E-state index contributed by atoms with van der Waals surface area (Å²) in [7, 11) is 0. The normalized spacial score (nSPS) is 14.0. The van der Waals surface area contributed by atoms with Crippen molar-refractivity contribution in [3.63, 3.8) is 0 Å². The molecule has 1 aliphatic heterocycles. The van der Waals surface area contributed by atoms with Crippen LogP contribution in [0.5, 0.6) is 23.0 Å². The second-order valence-electron chi connectivity index (χ2n) is 8.65. The molecule has 1 atom stereocenters. The zero-order valence-electron chi connectivity index (χ0n) is 20.7. The Morgan fingerprint density at radius 3 is 2.46 bits per heavy atom. The fourth-order valence-corrected chi connectivity index (χ4v) is 4.41. The van der Waals surface area contributed by atoms with Crippen LogP contribution < -0.4 is 24.7 Å². The number of para-hydroxylation sites is 1. The Balaban J connectivity index is 1.35. The number of allylic oxidation sites excluding steroid dienone is 1. The molecule has 1 heterocycles. The van der Waals surface area contributed by atoms with Crippen molar-refractivity contribution < 1.29 is 23.7 Å². The number of hydrogen-bond acceptors (Lipinski definition) is 7. The van der Waals surface area contributed by atoms with Gasteiger partial charge in [-0.3, -0.25) is 0 Å². The Bertz CT molecular complexity index is 1580. The molecule has 0 saturated heterocycles. The minimum atomic E-state index is -0.573. The largest absolute Gasteiger partial charge is 0.489 e. The zero-order valence-corrected chi connectivity index (χ0v) is 21.4. The van der Waals surface area contributed by atoms with Gasteiger partial charge in [0, 0.05) is 22.2 Å². The van der Waals surface area contributed by atoms with Gasteiger partial charge in [0.25, 0.3) is 0 Å². The predicted molar refractivity (Wildman–Crippen MR) is 146 cm³/mol. The Labute approximate surface area is 230 Å². The first kappa shape index (κ1) is 25.7. The van der Waals surface area contributed by atoms with Crippen molar-refractivity contribution in [3.05, 3.63) is 130 Å². The van der Waals surface area contributed by atoms with E-state index in [1.807, 2.05) is 66.7 Å². The molecular formula is C31H23ClN2O5. The van der Waals surface area contributed by atoms with Gasteiger partial charge in [-0.15, -0.1) is 0 Å². The summed E-state index contributed by atoms with van der Waals surface area (Å²) >= 11 is 6.26. The summed E-state index contributed by atoms with van der Waals surface area (Å²) < 4.78 is 22.6. The van der Waals surface area contributed by atoms with E-state index in [9.17, 15) is 10.1 Å². The average molecular weight is 539 g/mol. The van der Waals surface area contributed by atoms with Gasteiger partial charge in [0.1, 0.15) is 41.2 Å². The zero-order chi connectivity index (χ0) is 27.2. The first-order valence-corrected chi connectivity index (χ1v) is 12.5. The molecule has 8 heteroatoms. The smallest absolute Gasteiger partial charge is 0.349 e. The number of carbonyl (C=O) groups is 1. The first-order chi connectivity index (χ1) is 19.0. The highest BCUT2D eigenvalue weighted by Crippen LogP contribution is 2.44. The molecule has 7 nitrogen and oxygen atoms in total. The number of fused-ring (bicyclic) bond motifs is 1. The van der Waals surface area contributed by atoms with Gasteiger partial charge < -0.3 is 24.7 Å². The molecule has 2 N–H and O–H groups in total. The van der Waals surface area contributed by atoms with Gasteiger partial charge in [0.15, 0.2) is 6.61 Å². The summed E-state index contributed by atoms with van der Waals surface area (Å²) in [6.45, 7) is 0.0332. The van der Waals surface area contributed by atoms with Gasteiger partial charge in [0.2, 0.25) is 5.88 Å². The van der Waals surface area contributed by atoms with E-state index in [0.29, 0.717) is 34.4 Å². The molecule has 0 aromatic heterocycles. The van der Waals surface area contributed by atoms with Gasteiger partial charge >= 0.3 is 5.97 Å². The van der Waals surface area contributed by atoms with Crippen LogP contribution in [0.2, 0.25) is 5.02 Å². The number of benzene rings is 4. The molecule has 4 aromatic carbocycles. The molecule has 39 heavy (non-hydrogen) atoms. The van der Waals surface area contributed by atoms with Crippen molar-refractivity contribution >= 4 is 17.6 Å². The van der Waals surface area contributed by atoms with Crippen LogP contribution in [-0.2, 0) is 11.4 Å². The summed E-state index contributed by atoms with van der Waals surface area (Å²) in [5, 5.41) is 10.5. The monoisotopic (exact) mass is 538 g/mol. The second-order valence-corrected chi connectivity index (χ2v) is 9.06. The van der Waals surface area contributed by atoms with Crippen LogP contribution in [0.4, 0.5) is 0 Å². The third kappa shape index (κ3) is 5.98. The van der Waals surface area contributed by atoms with E-state index in [1.54, 1.807) is 30.3 Å². The van der Waals surface area contributed by atoms with Crippen molar-refractivity contribution in [2.75, 3.05) is 6.61 Å². The number of ether oxygens (including phenoxy) is 4. The maximum atomic E-state index is 12.3. The van der Waals surface area contributed by atoms with Crippen molar-refractivity contribution in [1.82, 2.24) is 0 Å². The van der Waals surface area contributed by atoms with E-state index >= 15 is 0 Å².